The number of sulfonamides is 1. The zero-order chi connectivity index (χ0) is 27.0. The predicted molar refractivity (Wildman–Crippen MR) is 141 cm³/mol. The summed E-state index contributed by atoms with van der Waals surface area (Å²) in [6, 6.07) is 16.5. The number of nitrogens with one attached hydrogen (secondary N) is 1. The third kappa shape index (κ3) is 6.45. The summed E-state index contributed by atoms with van der Waals surface area (Å²) in [5.74, 6) is 1.40. The number of methoxy groups -OCH3 is 3. The van der Waals surface area contributed by atoms with Gasteiger partial charge in [-0.15, -0.1) is 0 Å². The van der Waals surface area contributed by atoms with Crippen LogP contribution in [0.4, 0.5) is 5.69 Å². The number of ether oxygens (including phenoxy) is 4. The maximum atomic E-state index is 13.6. The van der Waals surface area contributed by atoms with Crippen LogP contribution in [0.25, 0.3) is 0 Å². The zero-order valence-corrected chi connectivity index (χ0v) is 22.4. The number of anilines is 1. The Morgan fingerprint density at radius 1 is 0.865 bits per heavy atom. The van der Waals surface area contributed by atoms with Gasteiger partial charge in [-0.05, 0) is 62.4 Å². The minimum Gasteiger partial charge on any atom is -0.494 e. The molecule has 0 spiro atoms. The van der Waals surface area contributed by atoms with Gasteiger partial charge in [0.1, 0.15) is 12.3 Å². The average molecular weight is 529 g/mol. The third-order valence-electron chi connectivity index (χ3n) is 5.59. The Balaban J connectivity index is 1.88. The Bertz CT molecular complexity index is 1310. The molecule has 0 aliphatic rings. The third-order valence-corrected chi connectivity index (χ3v) is 7.38. The summed E-state index contributed by atoms with van der Waals surface area (Å²) in [4.78, 5) is 13.1. The molecule has 0 unspecified atom stereocenters. The van der Waals surface area contributed by atoms with Gasteiger partial charge in [0.2, 0.25) is 11.7 Å². The Morgan fingerprint density at radius 3 is 2.08 bits per heavy atom. The lowest BCUT2D eigenvalue weighted by atomic mass is 10.1. The van der Waals surface area contributed by atoms with E-state index >= 15 is 0 Å². The number of nitrogens with zero attached hydrogens (tertiary/aromatic N) is 1. The fourth-order valence-electron chi connectivity index (χ4n) is 3.71. The van der Waals surface area contributed by atoms with Crippen molar-refractivity contribution in [2.45, 2.75) is 25.3 Å². The van der Waals surface area contributed by atoms with Crippen LogP contribution in [0.3, 0.4) is 0 Å². The van der Waals surface area contributed by atoms with Crippen LogP contribution in [0.1, 0.15) is 18.1 Å². The van der Waals surface area contributed by atoms with Crippen molar-refractivity contribution >= 4 is 21.6 Å². The molecule has 0 aromatic heterocycles. The number of amides is 1. The van der Waals surface area contributed by atoms with Crippen LogP contribution in [0.15, 0.2) is 65.6 Å². The summed E-state index contributed by atoms with van der Waals surface area (Å²) in [6.07, 6.45) is 0. The molecule has 0 heterocycles. The molecule has 3 aromatic rings. The lowest BCUT2D eigenvalue weighted by Crippen LogP contribution is -2.40. The summed E-state index contributed by atoms with van der Waals surface area (Å²) >= 11 is 0. The molecular weight excluding hydrogens is 496 g/mol. The zero-order valence-electron chi connectivity index (χ0n) is 21.6. The maximum Gasteiger partial charge on any atom is 0.264 e. The topological polar surface area (TPSA) is 103 Å². The van der Waals surface area contributed by atoms with E-state index in [1.807, 2.05) is 13.8 Å². The van der Waals surface area contributed by atoms with Crippen LogP contribution in [0, 0.1) is 6.92 Å². The summed E-state index contributed by atoms with van der Waals surface area (Å²) in [7, 11) is 0.464. The number of benzene rings is 3. The lowest BCUT2D eigenvalue weighted by molar-refractivity contribution is -0.119. The molecule has 0 aliphatic carbocycles. The fourth-order valence-corrected chi connectivity index (χ4v) is 5.13. The van der Waals surface area contributed by atoms with Crippen molar-refractivity contribution in [3.8, 4) is 23.0 Å². The van der Waals surface area contributed by atoms with Gasteiger partial charge in [-0.1, -0.05) is 17.7 Å². The van der Waals surface area contributed by atoms with Crippen molar-refractivity contribution in [2.24, 2.45) is 0 Å². The number of carbonyl (C=O) groups excluding carboxylic acids is 1. The van der Waals surface area contributed by atoms with Crippen LogP contribution < -0.4 is 28.6 Å². The first kappa shape index (κ1) is 27.7. The molecule has 1 amide bonds. The van der Waals surface area contributed by atoms with Crippen molar-refractivity contribution in [3.63, 3.8) is 0 Å². The van der Waals surface area contributed by atoms with Crippen molar-refractivity contribution in [2.75, 3.05) is 38.8 Å². The molecule has 198 valence electrons. The number of hydrogen-bond donors (Lipinski definition) is 1. The molecule has 1 N–H and O–H groups in total. The van der Waals surface area contributed by atoms with E-state index in [2.05, 4.69) is 5.32 Å². The molecule has 10 heteroatoms. The summed E-state index contributed by atoms with van der Waals surface area (Å²) in [5, 5.41) is 2.78. The van der Waals surface area contributed by atoms with E-state index in [1.54, 1.807) is 48.5 Å². The molecule has 0 saturated carbocycles. The van der Waals surface area contributed by atoms with Crippen LogP contribution in [-0.2, 0) is 21.4 Å². The summed E-state index contributed by atoms with van der Waals surface area (Å²) in [6.45, 7) is 3.87. The first-order valence-corrected chi connectivity index (χ1v) is 13.1. The van der Waals surface area contributed by atoms with Crippen molar-refractivity contribution in [1.82, 2.24) is 5.32 Å². The van der Waals surface area contributed by atoms with E-state index in [0.29, 0.717) is 40.9 Å². The number of hydrogen-bond acceptors (Lipinski definition) is 7. The quantitative estimate of drug-likeness (QED) is 0.380. The Hall–Kier alpha value is -3.92. The Morgan fingerprint density at radius 2 is 1.51 bits per heavy atom. The molecule has 0 aliphatic heterocycles. The SMILES string of the molecule is CCOc1ccc(N(CC(=O)NCc2ccc(OC)c(OC)c2OC)S(=O)(=O)c2ccc(C)cc2)cc1. The van der Waals surface area contributed by atoms with Crippen LogP contribution in [0.2, 0.25) is 0 Å². The van der Waals surface area contributed by atoms with Gasteiger partial charge in [-0.2, -0.15) is 0 Å². The van der Waals surface area contributed by atoms with Crippen LogP contribution in [0.5, 0.6) is 23.0 Å². The molecular formula is C27H32N2O7S. The monoisotopic (exact) mass is 528 g/mol. The van der Waals surface area contributed by atoms with Gasteiger partial charge in [-0.3, -0.25) is 9.10 Å². The van der Waals surface area contributed by atoms with Gasteiger partial charge >= 0.3 is 0 Å². The van der Waals surface area contributed by atoms with Crippen LogP contribution >= 0.6 is 0 Å². The largest absolute Gasteiger partial charge is 0.494 e. The van der Waals surface area contributed by atoms with Gasteiger partial charge in [0.05, 0.1) is 38.5 Å². The predicted octanol–water partition coefficient (Wildman–Crippen LogP) is 3.93. The van der Waals surface area contributed by atoms with E-state index in [-0.39, 0.29) is 11.4 Å². The number of aryl methyl sites for hydroxylation is 1. The first-order valence-electron chi connectivity index (χ1n) is 11.6. The molecule has 9 nitrogen and oxygen atoms in total. The van der Waals surface area contributed by atoms with Gasteiger partial charge in [0, 0.05) is 12.1 Å². The second-order valence-electron chi connectivity index (χ2n) is 8.02. The Labute approximate surface area is 218 Å². The maximum absolute atomic E-state index is 13.6. The standard InChI is InChI=1S/C27H32N2O7S/c1-6-36-22-12-10-21(11-13-22)29(37(31,32)23-14-7-19(2)8-15-23)18-25(30)28-17-20-9-16-24(33-3)27(35-5)26(20)34-4/h7-16H,6,17-18H2,1-5H3,(H,28,30). The van der Waals surface area contributed by atoms with Crippen molar-refractivity contribution in [3.05, 3.63) is 71.8 Å². The fraction of sp³-hybridized carbons (Fsp3) is 0.296. The second-order valence-corrected chi connectivity index (χ2v) is 9.88. The molecule has 37 heavy (non-hydrogen) atoms. The molecule has 3 rings (SSSR count). The van der Waals surface area contributed by atoms with E-state index in [1.165, 1.54) is 33.5 Å². The first-order chi connectivity index (χ1) is 17.7. The van der Waals surface area contributed by atoms with E-state index < -0.39 is 22.5 Å². The Kier molecular flexibility index (Phi) is 9.24. The van der Waals surface area contributed by atoms with Crippen LogP contribution in [-0.4, -0.2) is 48.8 Å². The summed E-state index contributed by atoms with van der Waals surface area (Å²) < 4.78 is 49.9. The van der Waals surface area contributed by atoms with Gasteiger partial charge in [-0.25, -0.2) is 8.42 Å². The van der Waals surface area contributed by atoms with Gasteiger partial charge in [0.25, 0.3) is 10.0 Å². The highest BCUT2D eigenvalue weighted by Crippen LogP contribution is 2.39. The molecule has 0 saturated heterocycles. The number of carbonyl (C=O) groups is 1. The second kappa shape index (κ2) is 12.4. The molecule has 0 atom stereocenters. The lowest BCUT2D eigenvalue weighted by Gasteiger charge is -2.24. The normalized spacial score (nSPS) is 10.9. The molecule has 3 aromatic carbocycles. The average Bonchev–Trinajstić information content (AvgIpc) is 2.90. The van der Waals surface area contributed by atoms with Crippen molar-refractivity contribution < 1.29 is 32.2 Å². The highest BCUT2D eigenvalue weighted by Gasteiger charge is 2.27. The van der Waals surface area contributed by atoms with Gasteiger partial charge in [0.15, 0.2) is 11.5 Å². The molecule has 0 radical (unpaired) electrons. The minimum absolute atomic E-state index is 0.0846. The van der Waals surface area contributed by atoms with E-state index in [9.17, 15) is 13.2 Å². The van der Waals surface area contributed by atoms with E-state index in [0.717, 1.165) is 9.87 Å². The highest BCUT2D eigenvalue weighted by molar-refractivity contribution is 7.92. The summed E-state index contributed by atoms with van der Waals surface area (Å²) in [5.41, 5.74) is 1.90. The molecule has 0 fully saturated rings. The van der Waals surface area contributed by atoms with E-state index in [4.69, 9.17) is 18.9 Å². The number of rotatable bonds is 12. The molecule has 0 bridgehead atoms. The smallest absolute Gasteiger partial charge is 0.264 e. The minimum atomic E-state index is -4.04. The van der Waals surface area contributed by atoms with Crippen molar-refractivity contribution in [1.29, 1.82) is 0 Å². The van der Waals surface area contributed by atoms with Gasteiger partial charge < -0.3 is 24.3 Å². The highest BCUT2D eigenvalue weighted by atomic mass is 32.2.